The van der Waals surface area contributed by atoms with Crippen LogP contribution in [0.1, 0.15) is 24.3 Å². The van der Waals surface area contributed by atoms with E-state index in [1.54, 1.807) is 29.9 Å². The topological polar surface area (TPSA) is 75.5 Å². The minimum atomic E-state index is -3.30. The van der Waals surface area contributed by atoms with Gasteiger partial charge in [0.25, 0.3) is 0 Å². The second-order valence-corrected chi connectivity index (χ2v) is 9.32. The molecule has 0 amide bonds. The van der Waals surface area contributed by atoms with Crippen LogP contribution in [0.3, 0.4) is 0 Å². The molecule has 0 bridgehead atoms. The number of hydrogen-bond donors (Lipinski definition) is 0. The lowest BCUT2D eigenvalue weighted by atomic mass is 9.97. The van der Waals surface area contributed by atoms with Crippen LogP contribution < -0.4 is 4.74 Å². The lowest BCUT2D eigenvalue weighted by Crippen LogP contribution is -2.06. The lowest BCUT2D eigenvalue weighted by molar-refractivity contribution is 0.197. The molecule has 148 valence electrons. The number of thiazole rings is 1. The highest BCUT2D eigenvalue weighted by molar-refractivity contribution is 7.53. The molecule has 0 spiro atoms. The summed E-state index contributed by atoms with van der Waals surface area (Å²) >= 11 is 1.63. The molecule has 0 radical (unpaired) electrons. The SMILES string of the molecule is CCOP(=O)(COc1ccc(-c2cnn(C)c2)c2c1-c1ncsc1C2)OCC. The zero-order valence-corrected chi connectivity index (χ0v) is 17.8. The molecule has 0 fully saturated rings. The standard InChI is InChI=1S/C19H22N3O4PS/c1-4-25-27(23,26-5-2)12-24-16-7-6-14(13-9-21-22(3)10-13)15-8-17-19(18(15)16)20-11-28-17/h6-7,9-11H,4-5,8,12H2,1-3H3. The molecular weight excluding hydrogens is 397 g/mol. The summed E-state index contributed by atoms with van der Waals surface area (Å²) in [5.41, 5.74) is 7.05. The van der Waals surface area contributed by atoms with E-state index in [4.69, 9.17) is 13.8 Å². The molecule has 0 aliphatic heterocycles. The summed E-state index contributed by atoms with van der Waals surface area (Å²) in [4.78, 5) is 5.74. The first-order valence-corrected chi connectivity index (χ1v) is 11.7. The van der Waals surface area contributed by atoms with Gasteiger partial charge in [-0.3, -0.25) is 9.25 Å². The minimum absolute atomic E-state index is 0.132. The molecule has 28 heavy (non-hydrogen) atoms. The summed E-state index contributed by atoms with van der Waals surface area (Å²) in [6, 6.07) is 3.92. The van der Waals surface area contributed by atoms with Crippen LogP contribution in [0.4, 0.5) is 0 Å². The molecule has 9 heteroatoms. The van der Waals surface area contributed by atoms with Gasteiger partial charge in [-0.2, -0.15) is 5.10 Å². The van der Waals surface area contributed by atoms with Crippen LogP contribution in [0.2, 0.25) is 0 Å². The number of rotatable bonds is 8. The van der Waals surface area contributed by atoms with Crippen molar-refractivity contribution in [2.24, 2.45) is 7.05 Å². The van der Waals surface area contributed by atoms with E-state index in [1.807, 2.05) is 37.1 Å². The molecule has 4 rings (SSSR count). The first kappa shape index (κ1) is 19.3. The van der Waals surface area contributed by atoms with Crippen LogP contribution in [-0.2, 0) is 27.1 Å². The van der Waals surface area contributed by atoms with Crippen molar-refractivity contribution >= 4 is 18.9 Å². The molecule has 1 aliphatic rings. The number of nitrogens with zero attached hydrogens (tertiary/aromatic N) is 3. The Morgan fingerprint density at radius 2 is 2.04 bits per heavy atom. The van der Waals surface area contributed by atoms with Crippen molar-refractivity contribution in [1.82, 2.24) is 14.8 Å². The highest BCUT2D eigenvalue weighted by Gasteiger charge is 2.30. The van der Waals surface area contributed by atoms with Gasteiger partial charge in [-0.1, -0.05) is 6.07 Å². The Hall–Kier alpha value is -1.99. The number of aromatic nitrogens is 3. The van der Waals surface area contributed by atoms with E-state index in [0.29, 0.717) is 19.0 Å². The second-order valence-electron chi connectivity index (χ2n) is 6.39. The van der Waals surface area contributed by atoms with Crippen LogP contribution in [0.5, 0.6) is 5.75 Å². The summed E-state index contributed by atoms with van der Waals surface area (Å²) in [5, 5.41) is 4.29. The number of fused-ring (bicyclic) bond motifs is 3. The summed E-state index contributed by atoms with van der Waals surface area (Å²) in [5.74, 6) is 0.645. The Morgan fingerprint density at radius 1 is 1.25 bits per heavy atom. The zero-order valence-electron chi connectivity index (χ0n) is 16.0. The van der Waals surface area contributed by atoms with E-state index >= 15 is 0 Å². The zero-order chi connectivity index (χ0) is 19.7. The molecule has 0 unspecified atom stereocenters. The van der Waals surface area contributed by atoms with Crippen LogP contribution in [0.25, 0.3) is 22.4 Å². The average Bonchev–Trinajstić information content (AvgIpc) is 3.36. The van der Waals surface area contributed by atoms with Crippen LogP contribution in [0, 0.1) is 0 Å². The Morgan fingerprint density at radius 3 is 2.71 bits per heavy atom. The fraction of sp³-hybridized carbons (Fsp3) is 0.368. The smallest absolute Gasteiger partial charge is 0.367 e. The quantitative estimate of drug-likeness (QED) is 0.385. The molecule has 1 aromatic carbocycles. The maximum atomic E-state index is 12.8. The highest BCUT2D eigenvalue weighted by atomic mass is 32.1. The molecule has 7 nitrogen and oxygen atoms in total. The molecule has 0 saturated carbocycles. The highest BCUT2D eigenvalue weighted by Crippen LogP contribution is 2.51. The Labute approximate surface area is 167 Å². The average molecular weight is 419 g/mol. The van der Waals surface area contributed by atoms with Gasteiger partial charge in [0.2, 0.25) is 0 Å². The van der Waals surface area contributed by atoms with Gasteiger partial charge in [-0.15, -0.1) is 11.3 Å². The minimum Gasteiger partial charge on any atom is -0.480 e. The number of hydrogen-bond acceptors (Lipinski definition) is 7. The number of aryl methyl sites for hydroxylation is 1. The third kappa shape index (κ3) is 3.53. The molecule has 0 saturated heterocycles. The van der Waals surface area contributed by atoms with Gasteiger partial charge in [-0.05, 0) is 31.0 Å². The number of ether oxygens (including phenoxy) is 1. The molecule has 2 aromatic heterocycles. The van der Waals surface area contributed by atoms with Gasteiger partial charge >= 0.3 is 7.60 Å². The molecule has 1 aliphatic carbocycles. The summed E-state index contributed by atoms with van der Waals surface area (Å²) in [6.45, 7) is 4.17. The Balaban J connectivity index is 1.72. The van der Waals surface area contributed by atoms with Crippen LogP contribution in [0.15, 0.2) is 30.0 Å². The third-order valence-electron chi connectivity index (χ3n) is 4.54. The first-order chi connectivity index (χ1) is 13.5. The predicted octanol–water partition coefficient (Wildman–Crippen LogP) is 4.72. The van der Waals surface area contributed by atoms with Crippen molar-refractivity contribution in [2.75, 3.05) is 19.6 Å². The van der Waals surface area contributed by atoms with Crippen molar-refractivity contribution in [3.05, 3.63) is 40.5 Å². The van der Waals surface area contributed by atoms with Gasteiger partial charge < -0.3 is 13.8 Å². The summed E-state index contributed by atoms with van der Waals surface area (Å²) < 4.78 is 31.2. The molecule has 0 N–H and O–H groups in total. The fourth-order valence-electron chi connectivity index (χ4n) is 3.43. The predicted molar refractivity (Wildman–Crippen MR) is 109 cm³/mol. The molecule has 2 heterocycles. The second kappa shape index (κ2) is 7.79. The largest absolute Gasteiger partial charge is 0.480 e. The van der Waals surface area contributed by atoms with E-state index in [0.717, 1.165) is 34.4 Å². The Bertz CT molecular complexity index is 1040. The monoisotopic (exact) mass is 419 g/mol. The third-order valence-corrected chi connectivity index (χ3v) is 7.12. The van der Waals surface area contributed by atoms with Gasteiger partial charge in [0.1, 0.15) is 5.75 Å². The number of benzene rings is 1. The van der Waals surface area contributed by atoms with Crippen molar-refractivity contribution in [3.8, 4) is 28.1 Å². The van der Waals surface area contributed by atoms with Gasteiger partial charge in [-0.25, -0.2) is 4.98 Å². The van der Waals surface area contributed by atoms with Crippen molar-refractivity contribution in [2.45, 2.75) is 20.3 Å². The molecular formula is C19H22N3O4PS. The van der Waals surface area contributed by atoms with Crippen molar-refractivity contribution in [1.29, 1.82) is 0 Å². The first-order valence-electron chi connectivity index (χ1n) is 9.13. The van der Waals surface area contributed by atoms with E-state index in [2.05, 4.69) is 10.1 Å². The van der Waals surface area contributed by atoms with Crippen LogP contribution >= 0.6 is 18.9 Å². The van der Waals surface area contributed by atoms with Gasteiger partial charge in [0.05, 0.1) is 30.6 Å². The van der Waals surface area contributed by atoms with Gasteiger partial charge in [0.15, 0.2) is 6.35 Å². The lowest BCUT2D eigenvalue weighted by Gasteiger charge is -2.19. The molecule has 0 atom stereocenters. The maximum Gasteiger partial charge on any atom is 0.367 e. The molecule has 3 aromatic rings. The maximum absolute atomic E-state index is 12.8. The Kier molecular flexibility index (Phi) is 5.38. The van der Waals surface area contributed by atoms with Crippen molar-refractivity contribution in [3.63, 3.8) is 0 Å². The summed E-state index contributed by atoms with van der Waals surface area (Å²) in [7, 11) is -1.40. The van der Waals surface area contributed by atoms with E-state index < -0.39 is 7.60 Å². The normalized spacial score (nSPS) is 12.8. The van der Waals surface area contributed by atoms with Gasteiger partial charge in [0, 0.05) is 35.7 Å². The fourth-order valence-corrected chi connectivity index (χ4v) is 5.52. The van der Waals surface area contributed by atoms with Crippen molar-refractivity contribution < 1.29 is 18.3 Å². The van der Waals surface area contributed by atoms with Crippen LogP contribution in [-0.4, -0.2) is 34.3 Å². The summed E-state index contributed by atoms with van der Waals surface area (Å²) in [6.07, 6.45) is 4.51. The van der Waals surface area contributed by atoms with E-state index in [9.17, 15) is 4.57 Å². The van der Waals surface area contributed by atoms with E-state index in [1.165, 1.54) is 4.88 Å². The van der Waals surface area contributed by atoms with E-state index in [-0.39, 0.29) is 6.35 Å².